The summed E-state index contributed by atoms with van der Waals surface area (Å²) in [6.45, 7) is 3.97. The molecule has 0 heterocycles. The minimum atomic E-state index is -0.263. The Morgan fingerprint density at radius 3 is 2.83 bits per heavy atom. The van der Waals surface area contributed by atoms with Crippen molar-refractivity contribution in [2.75, 3.05) is 6.61 Å². The van der Waals surface area contributed by atoms with Gasteiger partial charge in [0.2, 0.25) is 0 Å². The molecule has 1 N–H and O–H groups in total. The lowest BCUT2D eigenvalue weighted by Gasteiger charge is -2.09. The summed E-state index contributed by atoms with van der Waals surface area (Å²) in [5, 5.41) is 6.24. The number of nitrogens with one attached hydrogen (secondary N) is 1. The standard InChI is InChI=1S/C18H21BrN2O2/c1-3-4-7-13(2)20-21-17(22)12-23-16-11-10-14-8-5-6-9-15(14)18(16)19/h5-6,8-11H,3-4,7,12H2,1-2H3,(H,21,22)/b20-13+. The molecule has 23 heavy (non-hydrogen) atoms. The molecule has 2 aromatic rings. The third kappa shape index (κ3) is 5.06. The van der Waals surface area contributed by atoms with Gasteiger partial charge in [-0.05, 0) is 52.5 Å². The van der Waals surface area contributed by atoms with Crippen LogP contribution in [0.5, 0.6) is 5.75 Å². The summed E-state index contributed by atoms with van der Waals surface area (Å²) in [5.41, 5.74) is 3.45. The van der Waals surface area contributed by atoms with Crippen LogP contribution >= 0.6 is 15.9 Å². The second-order valence-corrected chi connectivity index (χ2v) is 6.17. The molecule has 0 spiro atoms. The number of hydrazone groups is 1. The van der Waals surface area contributed by atoms with Crippen LogP contribution < -0.4 is 10.2 Å². The topological polar surface area (TPSA) is 50.7 Å². The van der Waals surface area contributed by atoms with E-state index in [-0.39, 0.29) is 12.5 Å². The Balaban J connectivity index is 1.93. The van der Waals surface area contributed by atoms with Crippen LogP contribution in [-0.4, -0.2) is 18.2 Å². The molecule has 5 heteroatoms. The number of rotatable bonds is 7. The molecule has 0 unspecified atom stereocenters. The van der Waals surface area contributed by atoms with E-state index in [1.54, 1.807) is 0 Å². The first-order valence-corrected chi connectivity index (χ1v) is 8.53. The maximum atomic E-state index is 11.8. The first kappa shape index (κ1) is 17.5. The van der Waals surface area contributed by atoms with Crippen molar-refractivity contribution in [3.05, 3.63) is 40.9 Å². The molecule has 0 aliphatic heterocycles. The maximum Gasteiger partial charge on any atom is 0.277 e. The van der Waals surface area contributed by atoms with E-state index in [4.69, 9.17) is 4.74 Å². The predicted octanol–water partition coefficient (Wildman–Crippen LogP) is 4.66. The Bertz CT molecular complexity index is 713. The fourth-order valence-electron chi connectivity index (χ4n) is 2.15. The monoisotopic (exact) mass is 376 g/mol. The highest BCUT2D eigenvalue weighted by atomic mass is 79.9. The molecule has 0 aliphatic rings. The van der Waals surface area contributed by atoms with Crippen LogP contribution in [0.25, 0.3) is 10.8 Å². The molecule has 2 rings (SSSR count). The van der Waals surface area contributed by atoms with Gasteiger partial charge in [0.05, 0.1) is 4.47 Å². The summed E-state index contributed by atoms with van der Waals surface area (Å²) in [7, 11) is 0. The first-order valence-electron chi connectivity index (χ1n) is 7.74. The van der Waals surface area contributed by atoms with E-state index in [0.717, 1.165) is 40.2 Å². The number of unbranched alkanes of at least 4 members (excludes halogenated alkanes) is 1. The summed E-state index contributed by atoms with van der Waals surface area (Å²) in [5.74, 6) is 0.381. The van der Waals surface area contributed by atoms with Gasteiger partial charge in [0, 0.05) is 5.71 Å². The van der Waals surface area contributed by atoms with E-state index in [9.17, 15) is 4.79 Å². The number of halogens is 1. The largest absolute Gasteiger partial charge is 0.483 e. The molecule has 2 aromatic carbocycles. The summed E-state index contributed by atoms with van der Waals surface area (Å²) in [6.07, 6.45) is 3.08. The van der Waals surface area contributed by atoms with Crippen LogP contribution in [0.2, 0.25) is 0 Å². The summed E-state index contributed by atoms with van der Waals surface area (Å²) < 4.78 is 6.44. The number of benzene rings is 2. The molecule has 0 aliphatic carbocycles. The Labute approximate surface area is 145 Å². The van der Waals surface area contributed by atoms with Crippen molar-refractivity contribution in [3.63, 3.8) is 0 Å². The van der Waals surface area contributed by atoms with Crippen LogP contribution in [0.3, 0.4) is 0 Å². The van der Waals surface area contributed by atoms with Gasteiger partial charge in [-0.1, -0.05) is 43.7 Å². The Morgan fingerprint density at radius 2 is 2.04 bits per heavy atom. The van der Waals surface area contributed by atoms with E-state index in [0.29, 0.717) is 5.75 Å². The predicted molar refractivity (Wildman–Crippen MR) is 97.9 cm³/mol. The quantitative estimate of drug-likeness (QED) is 0.564. The van der Waals surface area contributed by atoms with Gasteiger partial charge in [-0.2, -0.15) is 5.10 Å². The number of nitrogens with zero attached hydrogens (tertiary/aromatic N) is 1. The fourth-order valence-corrected chi connectivity index (χ4v) is 2.75. The molecule has 1 amide bonds. The van der Waals surface area contributed by atoms with Crippen molar-refractivity contribution in [2.24, 2.45) is 5.10 Å². The van der Waals surface area contributed by atoms with Crippen molar-refractivity contribution in [3.8, 4) is 5.75 Å². The highest BCUT2D eigenvalue weighted by Gasteiger charge is 2.08. The van der Waals surface area contributed by atoms with Gasteiger partial charge in [0.25, 0.3) is 5.91 Å². The first-order chi connectivity index (χ1) is 11.1. The lowest BCUT2D eigenvalue weighted by molar-refractivity contribution is -0.123. The van der Waals surface area contributed by atoms with Crippen LogP contribution in [0, 0.1) is 0 Å². The molecule has 0 bridgehead atoms. The number of amides is 1. The normalized spacial score (nSPS) is 11.5. The van der Waals surface area contributed by atoms with Crippen LogP contribution in [-0.2, 0) is 4.79 Å². The van der Waals surface area contributed by atoms with Crippen LogP contribution in [0.1, 0.15) is 33.1 Å². The minimum absolute atomic E-state index is 0.0680. The molecule has 0 aromatic heterocycles. The van der Waals surface area contributed by atoms with Gasteiger partial charge in [0.15, 0.2) is 6.61 Å². The summed E-state index contributed by atoms with van der Waals surface area (Å²) in [4.78, 5) is 11.8. The number of fused-ring (bicyclic) bond motifs is 1. The maximum absolute atomic E-state index is 11.8. The third-order valence-corrected chi connectivity index (χ3v) is 4.27. The zero-order valence-electron chi connectivity index (χ0n) is 13.4. The van der Waals surface area contributed by atoms with Gasteiger partial charge in [-0.25, -0.2) is 5.43 Å². The highest BCUT2D eigenvalue weighted by Crippen LogP contribution is 2.32. The van der Waals surface area contributed by atoms with Crippen LogP contribution in [0.4, 0.5) is 0 Å². The summed E-state index contributed by atoms with van der Waals surface area (Å²) in [6, 6.07) is 11.8. The van der Waals surface area contributed by atoms with Crippen molar-refractivity contribution in [1.29, 1.82) is 0 Å². The van der Waals surface area contributed by atoms with Gasteiger partial charge >= 0.3 is 0 Å². The number of carbonyl (C=O) groups excluding carboxylic acids is 1. The van der Waals surface area contributed by atoms with Gasteiger partial charge < -0.3 is 4.74 Å². The second-order valence-electron chi connectivity index (χ2n) is 5.37. The summed E-state index contributed by atoms with van der Waals surface area (Å²) >= 11 is 3.54. The van der Waals surface area contributed by atoms with Crippen LogP contribution in [0.15, 0.2) is 46.0 Å². The molecule has 122 valence electrons. The van der Waals surface area contributed by atoms with Crippen molar-refractivity contribution < 1.29 is 9.53 Å². The molecule has 0 atom stereocenters. The van der Waals surface area contributed by atoms with Crippen molar-refractivity contribution in [2.45, 2.75) is 33.1 Å². The lowest BCUT2D eigenvalue weighted by atomic mass is 10.1. The van der Waals surface area contributed by atoms with Crippen molar-refractivity contribution in [1.82, 2.24) is 5.43 Å². The average Bonchev–Trinajstić information content (AvgIpc) is 2.57. The molecule has 0 fully saturated rings. The Hall–Kier alpha value is -1.88. The van der Waals surface area contributed by atoms with E-state index in [1.165, 1.54) is 0 Å². The van der Waals surface area contributed by atoms with E-state index in [1.807, 2.05) is 43.3 Å². The number of carbonyl (C=O) groups is 1. The number of ether oxygens (including phenoxy) is 1. The van der Waals surface area contributed by atoms with E-state index < -0.39 is 0 Å². The zero-order valence-corrected chi connectivity index (χ0v) is 15.0. The van der Waals surface area contributed by atoms with E-state index >= 15 is 0 Å². The highest BCUT2D eigenvalue weighted by molar-refractivity contribution is 9.10. The van der Waals surface area contributed by atoms with Crippen molar-refractivity contribution >= 4 is 38.3 Å². The van der Waals surface area contributed by atoms with Gasteiger partial charge in [0.1, 0.15) is 5.75 Å². The fraction of sp³-hybridized carbons (Fsp3) is 0.333. The second kappa shape index (κ2) is 8.67. The molecule has 0 radical (unpaired) electrons. The zero-order chi connectivity index (χ0) is 16.7. The average molecular weight is 377 g/mol. The minimum Gasteiger partial charge on any atom is -0.483 e. The van der Waals surface area contributed by atoms with Gasteiger partial charge in [-0.3, -0.25) is 4.79 Å². The number of hydrogen-bond donors (Lipinski definition) is 1. The third-order valence-electron chi connectivity index (χ3n) is 3.45. The molecular formula is C18H21BrN2O2. The smallest absolute Gasteiger partial charge is 0.277 e. The molecule has 4 nitrogen and oxygen atoms in total. The van der Waals surface area contributed by atoms with E-state index in [2.05, 4.69) is 33.4 Å². The molecular weight excluding hydrogens is 356 g/mol. The molecule has 0 saturated heterocycles. The Kier molecular flexibility index (Phi) is 6.59. The lowest BCUT2D eigenvalue weighted by Crippen LogP contribution is -2.25. The van der Waals surface area contributed by atoms with Gasteiger partial charge in [-0.15, -0.1) is 0 Å². The SMILES string of the molecule is CCCC/C(C)=N/NC(=O)COc1ccc2ccccc2c1Br. The molecule has 0 saturated carbocycles. The number of hydrogen-bond acceptors (Lipinski definition) is 3. The Morgan fingerprint density at radius 1 is 1.26 bits per heavy atom.